The third kappa shape index (κ3) is 2.72. The number of carbonyl (C=O) groups is 1. The van der Waals surface area contributed by atoms with E-state index in [0.29, 0.717) is 16.9 Å². The average Bonchev–Trinajstić information content (AvgIpc) is 2.13. The van der Waals surface area contributed by atoms with Crippen LogP contribution in [0.3, 0.4) is 0 Å². The third-order valence-electron chi connectivity index (χ3n) is 3.62. The Labute approximate surface area is 102 Å². The smallest absolute Gasteiger partial charge is 0.224 e. The van der Waals surface area contributed by atoms with Gasteiger partial charge in [0.2, 0.25) is 5.91 Å². The van der Waals surface area contributed by atoms with Gasteiger partial charge in [0.25, 0.3) is 0 Å². The van der Waals surface area contributed by atoms with E-state index in [2.05, 4.69) is 13.8 Å². The summed E-state index contributed by atoms with van der Waals surface area (Å²) in [6.07, 6.45) is 3.78. The molecule has 2 fully saturated rings. The SMILES string of the molecule is CC1CN(C(=O)CC2(N)CCC2)CC(C)S1. The molecule has 1 heterocycles. The van der Waals surface area contributed by atoms with Gasteiger partial charge in [-0.25, -0.2) is 0 Å². The van der Waals surface area contributed by atoms with Crippen LogP contribution in [-0.2, 0) is 4.79 Å². The van der Waals surface area contributed by atoms with Crippen molar-refractivity contribution in [2.75, 3.05) is 13.1 Å². The van der Waals surface area contributed by atoms with Crippen LogP contribution in [-0.4, -0.2) is 39.9 Å². The maximum atomic E-state index is 12.1. The Balaban J connectivity index is 1.88. The van der Waals surface area contributed by atoms with Crippen molar-refractivity contribution in [3.8, 4) is 0 Å². The fraction of sp³-hybridized carbons (Fsp3) is 0.917. The van der Waals surface area contributed by atoms with Crippen LogP contribution < -0.4 is 5.73 Å². The van der Waals surface area contributed by atoms with Crippen LogP contribution in [0.4, 0.5) is 0 Å². The molecular formula is C12H22N2OS. The van der Waals surface area contributed by atoms with E-state index in [1.165, 1.54) is 6.42 Å². The minimum absolute atomic E-state index is 0.172. The summed E-state index contributed by atoms with van der Waals surface area (Å²) in [4.78, 5) is 14.1. The van der Waals surface area contributed by atoms with Crippen LogP contribution >= 0.6 is 11.8 Å². The molecule has 1 saturated carbocycles. The van der Waals surface area contributed by atoms with Crippen molar-refractivity contribution in [3.63, 3.8) is 0 Å². The lowest BCUT2D eigenvalue weighted by Gasteiger charge is -2.41. The zero-order valence-corrected chi connectivity index (χ0v) is 11.1. The van der Waals surface area contributed by atoms with Gasteiger partial charge in [-0.1, -0.05) is 13.8 Å². The molecule has 2 rings (SSSR count). The standard InChI is InChI=1S/C12H22N2OS/c1-9-7-14(8-10(2)16-9)11(15)6-12(13)4-3-5-12/h9-10H,3-8,13H2,1-2H3. The van der Waals surface area contributed by atoms with E-state index in [9.17, 15) is 4.79 Å². The van der Waals surface area contributed by atoms with Crippen molar-refractivity contribution in [2.45, 2.75) is 55.6 Å². The predicted molar refractivity (Wildman–Crippen MR) is 68.5 cm³/mol. The summed E-state index contributed by atoms with van der Waals surface area (Å²) in [6.45, 7) is 6.18. The van der Waals surface area contributed by atoms with Crippen LogP contribution in [0, 0.1) is 0 Å². The number of hydrogen-bond acceptors (Lipinski definition) is 3. The fourth-order valence-corrected chi connectivity index (χ4v) is 3.93. The number of carbonyl (C=O) groups excluding carboxylic acids is 1. The first-order valence-corrected chi connectivity index (χ1v) is 7.15. The average molecular weight is 242 g/mol. The summed E-state index contributed by atoms with van der Waals surface area (Å²) in [7, 11) is 0. The predicted octanol–water partition coefficient (Wildman–Crippen LogP) is 1.61. The molecular weight excluding hydrogens is 220 g/mol. The molecule has 0 spiro atoms. The molecule has 0 aromatic rings. The van der Waals surface area contributed by atoms with Crippen molar-refractivity contribution in [3.05, 3.63) is 0 Å². The molecule has 16 heavy (non-hydrogen) atoms. The van der Waals surface area contributed by atoms with Gasteiger partial charge < -0.3 is 10.6 Å². The Morgan fingerprint density at radius 2 is 1.94 bits per heavy atom. The minimum atomic E-state index is -0.172. The fourth-order valence-electron chi connectivity index (χ4n) is 2.60. The molecule has 0 aromatic carbocycles. The van der Waals surface area contributed by atoms with E-state index in [1.54, 1.807) is 0 Å². The van der Waals surface area contributed by atoms with Gasteiger partial charge in [0.15, 0.2) is 0 Å². The van der Waals surface area contributed by atoms with Crippen LogP contribution in [0.1, 0.15) is 39.5 Å². The normalized spacial score (nSPS) is 33.3. The molecule has 2 N–H and O–H groups in total. The summed E-state index contributed by atoms with van der Waals surface area (Å²) < 4.78 is 0. The van der Waals surface area contributed by atoms with Crippen molar-refractivity contribution in [1.29, 1.82) is 0 Å². The molecule has 2 unspecified atom stereocenters. The lowest BCUT2D eigenvalue weighted by atomic mass is 9.75. The Morgan fingerprint density at radius 1 is 1.38 bits per heavy atom. The first-order chi connectivity index (χ1) is 7.48. The molecule has 1 aliphatic heterocycles. The summed E-state index contributed by atoms with van der Waals surface area (Å²) >= 11 is 1.97. The number of nitrogens with zero attached hydrogens (tertiary/aromatic N) is 1. The first-order valence-electron chi connectivity index (χ1n) is 6.21. The Morgan fingerprint density at radius 3 is 2.38 bits per heavy atom. The molecule has 3 nitrogen and oxygen atoms in total. The number of thioether (sulfide) groups is 1. The van der Waals surface area contributed by atoms with Gasteiger partial charge in [0.1, 0.15) is 0 Å². The molecule has 92 valence electrons. The minimum Gasteiger partial charge on any atom is -0.340 e. The second kappa shape index (κ2) is 4.57. The highest BCUT2D eigenvalue weighted by Gasteiger charge is 2.37. The van der Waals surface area contributed by atoms with Gasteiger partial charge in [-0.05, 0) is 19.3 Å². The molecule has 1 amide bonds. The van der Waals surface area contributed by atoms with E-state index in [-0.39, 0.29) is 11.4 Å². The van der Waals surface area contributed by atoms with Gasteiger partial charge in [0.05, 0.1) is 0 Å². The molecule has 0 aromatic heterocycles. The molecule has 2 aliphatic rings. The highest BCUT2D eigenvalue weighted by atomic mass is 32.2. The van der Waals surface area contributed by atoms with Gasteiger partial charge >= 0.3 is 0 Å². The number of nitrogens with two attached hydrogens (primary N) is 1. The lowest BCUT2D eigenvalue weighted by molar-refractivity contribution is -0.133. The topological polar surface area (TPSA) is 46.3 Å². The van der Waals surface area contributed by atoms with Crippen molar-refractivity contribution < 1.29 is 4.79 Å². The third-order valence-corrected chi connectivity index (χ3v) is 4.85. The highest BCUT2D eigenvalue weighted by Crippen LogP contribution is 2.33. The van der Waals surface area contributed by atoms with Gasteiger partial charge in [-0.2, -0.15) is 11.8 Å². The summed E-state index contributed by atoms with van der Waals surface area (Å²) in [6, 6.07) is 0. The van der Waals surface area contributed by atoms with Gasteiger partial charge in [-0.15, -0.1) is 0 Å². The van der Waals surface area contributed by atoms with E-state index in [0.717, 1.165) is 25.9 Å². The maximum Gasteiger partial charge on any atom is 0.224 e. The van der Waals surface area contributed by atoms with Crippen LogP contribution in [0.15, 0.2) is 0 Å². The monoisotopic (exact) mass is 242 g/mol. The van der Waals surface area contributed by atoms with E-state index in [4.69, 9.17) is 5.73 Å². The van der Waals surface area contributed by atoms with Crippen LogP contribution in [0.2, 0.25) is 0 Å². The van der Waals surface area contributed by atoms with Gasteiger partial charge in [-0.3, -0.25) is 4.79 Å². The van der Waals surface area contributed by atoms with E-state index in [1.807, 2.05) is 16.7 Å². The molecule has 1 saturated heterocycles. The maximum absolute atomic E-state index is 12.1. The van der Waals surface area contributed by atoms with Crippen molar-refractivity contribution in [2.24, 2.45) is 5.73 Å². The summed E-state index contributed by atoms with van der Waals surface area (Å²) in [5, 5.41) is 1.12. The second-order valence-corrected chi connectivity index (χ2v) is 7.33. The largest absolute Gasteiger partial charge is 0.340 e. The Kier molecular flexibility index (Phi) is 3.50. The molecule has 0 radical (unpaired) electrons. The molecule has 4 heteroatoms. The second-order valence-electron chi connectivity index (χ2n) is 5.45. The Hall–Kier alpha value is -0.220. The summed E-state index contributed by atoms with van der Waals surface area (Å²) in [5.41, 5.74) is 5.95. The van der Waals surface area contributed by atoms with Crippen molar-refractivity contribution >= 4 is 17.7 Å². The molecule has 1 aliphatic carbocycles. The zero-order chi connectivity index (χ0) is 11.8. The van der Waals surface area contributed by atoms with Crippen LogP contribution in [0.25, 0.3) is 0 Å². The molecule has 0 bridgehead atoms. The number of amides is 1. The Bertz CT molecular complexity index is 268. The lowest BCUT2D eigenvalue weighted by Crippen LogP contribution is -2.52. The highest BCUT2D eigenvalue weighted by molar-refractivity contribution is 8.00. The van der Waals surface area contributed by atoms with Crippen LogP contribution in [0.5, 0.6) is 0 Å². The van der Waals surface area contributed by atoms with Gasteiger partial charge in [0, 0.05) is 35.5 Å². The zero-order valence-electron chi connectivity index (χ0n) is 10.2. The first kappa shape index (κ1) is 12.2. The quantitative estimate of drug-likeness (QED) is 0.800. The number of rotatable bonds is 2. The molecule has 2 atom stereocenters. The van der Waals surface area contributed by atoms with E-state index >= 15 is 0 Å². The summed E-state index contributed by atoms with van der Waals surface area (Å²) in [5.74, 6) is 0.265. The van der Waals surface area contributed by atoms with E-state index < -0.39 is 0 Å². The van der Waals surface area contributed by atoms with Crippen molar-refractivity contribution in [1.82, 2.24) is 4.90 Å². The number of hydrogen-bond donors (Lipinski definition) is 1.